The number of amides is 1. The highest BCUT2D eigenvalue weighted by atomic mass is 16.2. The third-order valence-corrected chi connectivity index (χ3v) is 5.49. The van der Waals surface area contributed by atoms with Crippen LogP contribution in [0.1, 0.15) is 19.8 Å². The maximum Gasteiger partial charge on any atom is 0.242 e. The standard InChI is InChI=1S/C19H25B3N6O/c1-12(27-4-2-3-5-27)18(29)26-17-7-13-6-16(23-8-14(13)9-24-17)15-10-25-28(11-15)19(20,21)22/h6-12H,2-5,20-22H2,1H3,(H,24,26,29)/t12-/m0/s1. The maximum atomic E-state index is 12.6. The number of anilines is 1. The zero-order chi connectivity index (χ0) is 20.6. The van der Waals surface area contributed by atoms with E-state index in [-0.39, 0.29) is 17.2 Å². The first-order valence-electron chi connectivity index (χ1n) is 10.2. The summed E-state index contributed by atoms with van der Waals surface area (Å²) in [6.07, 6.45) is 9.73. The van der Waals surface area contributed by atoms with Gasteiger partial charge in [0, 0.05) is 29.5 Å². The zero-order valence-electron chi connectivity index (χ0n) is 17.5. The molecule has 0 radical (unpaired) electrons. The fourth-order valence-corrected chi connectivity index (χ4v) is 3.61. The molecule has 1 amide bonds. The van der Waals surface area contributed by atoms with E-state index in [4.69, 9.17) is 0 Å². The lowest BCUT2D eigenvalue weighted by atomic mass is 9.49. The summed E-state index contributed by atoms with van der Waals surface area (Å²) in [6, 6.07) is 3.77. The summed E-state index contributed by atoms with van der Waals surface area (Å²) in [5, 5.41) is 9.26. The second-order valence-corrected chi connectivity index (χ2v) is 8.74. The van der Waals surface area contributed by atoms with Gasteiger partial charge in [-0.25, -0.2) is 4.98 Å². The summed E-state index contributed by atoms with van der Waals surface area (Å²) in [5.41, 5.74) is 1.81. The number of carbonyl (C=O) groups is 1. The highest BCUT2D eigenvalue weighted by molar-refractivity contribution is 6.56. The fraction of sp³-hybridized carbons (Fsp3) is 0.368. The van der Waals surface area contributed by atoms with Gasteiger partial charge in [-0.2, -0.15) is 5.10 Å². The van der Waals surface area contributed by atoms with Crippen LogP contribution in [-0.2, 0) is 10.0 Å². The van der Waals surface area contributed by atoms with E-state index in [0.717, 1.165) is 48.0 Å². The molecule has 4 rings (SSSR count). The van der Waals surface area contributed by atoms with Gasteiger partial charge in [-0.05, 0) is 55.6 Å². The Hall–Kier alpha value is -2.61. The van der Waals surface area contributed by atoms with Crippen molar-refractivity contribution < 1.29 is 4.79 Å². The van der Waals surface area contributed by atoms with Gasteiger partial charge in [0.1, 0.15) is 29.4 Å². The van der Waals surface area contributed by atoms with Crippen molar-refractivity contribution in [1.82, 2.24) is 24.6 Å². The summed E-state index contributed by atoms with van der Waals surface area (Å²) >= 11 is 0. The van der Waals surface area contributed by atoms with Crippen molar-refractivity contribution in [3.63, 3.8) is 0 Å². The van der Waals surface area contributed by atoms with E-state index in [1.165, 1.54) is 0 Å². The molecule has 1 aliphatic heterocycles. The largest absolute Gasteiger partial charge is 0.309 e. The van der Waals surface area contributed by atoms with Crippen LogP contribution in [0.2, 0.25) is 0 Å². The van der Waals surface area contributed by atoms with Crippen LogP contribution >= 0.6 is 0 Å². The quantitative estimate of drug-likeness (QED) is 0.593. The first-order chi connectivity index (χ1) is 13.8. The van der Waals surface area contributed by atoms with Crippen LogP contribution in [0.4, 0.5) is 5.82 Å². The Morgan fingerprint density at radius 3 is 2.52 bits per heavy atom. The molecule has 1 saturated heterocycles. The highest BCUT2D eigenvalue weighted by Crippen LogP contribution is 2.24. The van der Waals surface area contributed by atoms with Crippen LogP contribution in [-0.4, -0.2) is 73.2 Å². The van der Waals surface area contributed by atoms with Crippen LogP contribution < -0.4 is 5.32 Å². The minimum atomic E-state index is -0.147. The minimum absolute atomic E-state index is 0.0144. The molecular formula is C19H25B3N6O. The van der Waals surface area contributed by atoms with Crippen molar-refractivity contribution in [2.24, 2.45) is 0 Å². The monoisotopic (exact) mass is 386 g/mol. The van der Waals surface area contributed by atoms with Gasteiger partial charge in [0.25, 0.3) is 0 Å². The lowest BCUT2D eigenvalue weighted by molar-refractivity contribution is -0.120. The molecule has 0 saturated carbocycles. The number of nitrogens with one attached hydrogen (secondary N) is 1. The molecular weight excluding hydrogens is 361 g/mol. The molecule has 3 aromatic rings. The third-order valence-electron chi connectivity index (χ3n) is 5.49. The van der Waals surface area contributed by atoms with Crippen molar-refractivity contribution in [3.05, 3.63) is 36.9 Å². The summed E-state index contributed by atoms with van der Waals surface area (Å²) in [5.74, 6) is 0.551. The van der Waals surface area contributed by atoms with Crippen LogP contribution in [0, 0.1) is 0 Å². The van der Waals surface area contributed by atoms with E-state index in [0.29, 0.717) is 5.82 Å². The molecule has 0 bridgehead atoms. The number of hydrogen-bond acceptors (Lipinski definition) is 5. The molecule has 29 heavy (non-hydrogen) atoms. The lowest BCUT2D eigenvalue weighted by Crippen LogP contribution is -2.40. The second kappa shape index (κ2) is 7.67. The number of hydrogen-bond donors (Lipinski definition) is 1. The Morgan fingerprint density at radius 2 is 1.83 bits per heavy atom. The molecule has 1 N–H and O–H groups in total. The van der Waals surface area contributed by atoms with Gasteiger partial charge in [-0.15, -0.1) is 0 Å². The summed E-state index contributed by atoms with van der Waals surface area (Å²) in [6.45, 7) is 3.92. The maximum absolute atomic E-state index is 12.6. The SMILES string of the molecule is BC(B)(B)n1cc(-c2cc3cc(NC(=O)[C@H](C)N4CCCC4)ncc3cn2)cn1. The molecule has 0 aromatic carbocycles. The summed E-state index contributed by atoms with van der Waals surface area (Å²) in [7, 11) is 6.34. The van der Waals surface area contributed by atoms with Crippen LogP contribution in [0.25, 0.3) is 22.0 Å². The van der Waals surface area contributed by atoms with Crippen LogP contribution in [0.3, 0.4) is 0 Å². The number of likely N-dealkylation sites (tertiary alicyclic amines) is 1. The van der Waals surface area contributed by atoms with E-state index >= 15 is 0 Å². The third kappa shape index (κ3) is 4.22. The molecule has 146 valence electrons. The van der Waals surface area contributed by atoms with Gasteiger partial charge in [-0.1, -0.05) is 0 Å². The Kier molecular flexibility index (Phi) is 5.21. The minimum Gasteiger partial charge on any atom is -0.309 e. The molecule has 3 aromatic heterocycles. The van der Waals surface area contributed by atoms with Gasteiger partial charge < -0.3 is 5.32 Å². The first-order valence-corrected chi connectivity index (χ1v) is 10.2. The predicted octanol–water partition coefficient (Wildman–Crippen LogP) is -0.617. The van der Waals surface area contributed by atoms with Crippen molar-refractivity contribution >= 4 is 46.0 Å². The molecule has 0 unspecified atom stereocenters. The van der Waals surface area contributed by atoms with Gasteiger partial charge in [-0.3, -0.25) is 19.4 Å². The van der Waals surface area contributed by atoms with Gasteiger partial charge in [0.15, 0.2) is 0 Å². The van der Waals surface area contributed by atoms with Crippen molar-refractivity contribution in [2.75, 3.05) is 18.4 Å². The zero-order valence-corrected chi connectivity index (χ0v) is 17.5. The first kappa shape index (κ1) is 19.7. The average molecular weight is 386 g/mol. The van der Waals surface area contributed by atoms with Gasteiger partial charge in [0.2, 0.25) is 5.91 Å². The fourth-order valence-electron chi connectivity index (χ4n) is 3.61. The van der Waals surface area contributed by atoms with Crippen LogP contribution in [0.15, 0.2) is 36.9 Å². The van der Waals surface area contributed by atoms with Crippen molar-refractivity contribution in [2.45, 2.75) is 31.0 Å². The van der Waals surface area contributed by atoms with Gasteiger partial charge in [0.05, 0.1) is 17.9 Å². The van der Waals surface area contributed by atoms with E-state index in [1.54, 1.807) is 6.20 Å². The number of nitrogens with zero attached hydrogens (tertiary/aromatic N) is 5. The second-order valence-electron chi connectivity index (χ2n) is 8.74. The number of aromatic nitrogens is 4. The lowest BCUT2D eigenvalue weighted by Gasteiger charge is -2.22. The number of pyridine rings is 2. The van der Waals surface area contributed by atoms with E-state index in [9.17, 15) is 4.79 Å². The predicted molar refractivity (Wildman–Crippen MR) is 123 cm³/mol. The molecule has 0 spiro atoms. The normalized spacial score (nSPS) is 16.2. The number of carbonyl (C=O) groups excluding carboxylic acids is 1. The topological polar surface area (TPSA) is 75.9 Å². The Balaban J connectivity index is 1.56. The molecule has 1 aliphatic rings. The summed E-state index contributed by atoms with van der Waals surface area (Å²) < 4.78 is 1.94. The molecule has 10 heteroatoms. The molecule has 0 aliphatic carbocycles. The van der Waals surface area contributed by atoms with E-state index < -0.39 is 0 Å². The Bertz CT molecular complexity index is 1040. The number of fused-ring (bicyclic) bond motifs is 1. The van der Waals surface area contributed by atoms with Crippen molar-refractivity contribution in [1.29, 1.82) is 0 Å². The van der Waals surface area contributed by atoms with Gasteiger partial charge >= 0.3 is 0 Å². The average Bonchev–Trinajstić information content (AvgIpc) is 3.38. The number of rotatable bonds is 5. The molecule has 7 nitrogen and oxygen atoms in total. The Morgan fingerprint density at radius 1 is 1.10 bits per heavy atom. The summed E-state index contributed by atoms with van der Waals surface area (Å²) in [4.78, 5) is 23.8. The molecule has 4 heterocycles. The van der Waals surface area contributed by atoms with Crippen molar-refractivity contribution in [3.8, 4) is 11.3 Å². The van der Waals surface area contributed by atoms with Crippen LogP contribution in [0.5, 0.6) is 0 Å². The van der Waals surface area contributed by atoms with E-state index in [1.807, 2.05) is 42.3 Å². The van der Waals surface area contributed by atoms with E-state index in [2.05, 4.69) is 48.8 Å². The highest BCUT2D eigenvalue weighted by Gasteiger charge is 2.24. The molecule has 1 fully saturated rings. The smallest absolute Gasteiger partial charge is 0.242 e. The molecule has 1 atom stereocenters. The Labute approximate surface area is 173 Å².